The van der Waals surface area contributed by atoms with E-state index in [9.17, 15) is 4.79 Å². The Hall–Kier alpha value is -2.70. The van der Waals surface area contributed by atoms with Gasteiger partial charge < -0.3 is 9.88 Å². The highest BCUT2D eigenvalue weighted by molar-refractivity contribution is 6.30. The fourth-order valence-corrected chi connectivity index (χ4v) is 4.12. The molecule has 0 aliphatic carbocycles. The van der Waals surface area contributed by atoms with Crippen LogP contribution in [0.25, 0.3) is 0 Å². The van der Waals surface area contributed by atoms with Gasteiger partial charge in [0.2, 0.25) is 5.91 Å². The van der Waals surface area contributed by atoms with Crippen LogP contribution in [-0.2, 0) is 30.7 Å². The van der Waals surface area contributed by atoms with Gasteiger partial charge in [0, 0.05) is 44.0 Å². The van der Waals surface area contributed by atoms with Crippen LogP contribution in [0.2, 0.25) is 5.02 Å². The SMILES string of the molecule is C[C@@H](NC(=O)CCc1ccccc1)c1nnc2n1CCN(Cc1ccc(Cl)cc1)CC2. The third-order valence-corrected chi connectivity index (χ3v) is 5.97. The maximum absolute atomic E-state index is 12.5. The van der Waals surface area contributed by atoms with Crippen LogP contribution in [0.4, 0.5) is 0 Å². The normalized spacial score (nSPS) is 15.2. The number of aromatic nitrogens is 3. The molecule has 1 aromatic heterocycles. The summed E-state index contributed by atoms with van der Waals surface area (Å²) in [4.78, 5) is 14.9. The summed E-state index contributed by atoms with van der Waals surface area (Å²) < 4.78 is 2.17. The maximum Gasteiger partial charge on any atom is 0.220 e. The van der Waals surface area contributed by atoms with Gasteiger partial charge in [-0.05, 0) is 36.6 Å². The number of hydrogen-bond donors (Lipinski definition) is 1. The van der Waals surface area contributed by atoms with Crippen LogP contribution in [0.1, 0.15) is 42.2 Å². The minimum atomic E-state index is -0.174. The molecule has 162 valence electrons. The average Bonchev–Trinajstić information content (AvgIpc) is 3.09. The van der Waals surface area contributed by atoms with Crippen molar-refractivity contribution in [1.29, 1.82) is 0 Å². The minimum absolute atomic E-state index is 0.0340. The summed E-state index contributed by atoms with van der Waals surface area (Å²) in [6.07, 6.45) is 2.04. The molecule has 0 bridgehead atoms. The molecule has 1 aliphatic rings. The molecule has 3 aromatic rings. The van der Waals surface area contributed by atoms with Crippen molar-refractivity contribution in [3.8, 4) is 0 Å². The van der Waals surface area contributed by atoms with E-state index in [0.717, 1.165) is 55.7 Å². The Labute approximate surface area is 188 Å². The van der Waals surface area contributed by atoms with E-state index in [4.69, 9.17) is 11.6 Å². The molecule has 7 heteroatoms. The van der Waals surface area contributed by atoms with Crippen LogP contribution < -0.4 is 5.32 Å². The van der Waals surface area contributed by atoms with Gasteiger partial charge in [-0.25, -0.2) is 0 Å². The van der Waals surface area contributed by atoms with E-state index in [1.54, 1.807) is 0 Å². The Morgan fingerprint density at radius 1 is 1.03 bits per heavy atom. The quantitative estimate of drug-likeness (QED) is 0.610. The van der Waals surface area contributed by atoms with Crippen molar-refractivity contribution in [2.24, 2.45) is 0 Å². The fraction of sp³-hybridized carbons (Fsp3) is 0.375. The fourth-order valence-electron chi connectivity index (χ4n) is 4.00. The second-order valence-corrected chi connectivity index (χ2v) is 8.49. The minimum Gasteiger partial charge on any atom is -0.346 e. The van der Waals surface area contributed by atoms with Crippen LogP contribution >= 0.6 is 11.6 Å². The average molecular weight is 438 g/mol. The molecule has 0 radical (unpaired) electrons. The first-order valence-corrected chi connectivity index (χ1v) is 11.2. The summed E-state index contributed by atoms with van der Waals surface area (Å²) in [6, 6.07) is 17.9. The van der Waals surface area contributed by atoms with Crippen LogP contribution in [0.3, 0.4) is 0 Å². The Kier molecular flexibility index (Phi) is 6.99. The molecule has 31 heavy (non-hydrogen) atoms. The molecule has 1 N–H and O–H groups in total. The summed E-state index contributed by atoms with van der Waals surface area (Å²) in [5, 5.41) is 12.7. The molecule has 1 aliphatic heterocycles. The standard InChI is InChI=1S/C24H28ClN5O/c1-18(26-23(31)12-9-19-5-3-2-4-6-19)24-28-27-22-13-14-29(15-16-30(22)24)17-20-7-10-21(25)11-8-20/h2-8,10-11,18H,9,12-17H2,1H3,(H,26,31)/t18-/m1/s1. The molecule has 0 fully saturated rings. The molecule has 2 aromatic carbocycles. The maximum atomic E-state index is 12.5. The van der Waals surface area contributed by atoms with Crippen LogP contribution in [0, 0.1) is 0 Å². The predicted octanol–water partition coefficient (Wildman–Crippen LogP) is 3.80. The first-order valence-electron chi connectivity index (χ1n) is 10.8. The molecule has 0 unspecified atom stereocenters. The molecule has 0 spiro atoms. The van der Waals surface area contributed by atoms with Crippen molar-refractivity contribution >= 4 is 17.5 Å². The summed E-state index contributed by atoms with van der Waals surface area (Å²) >= 11 is 6.00. The molecular formula is C24H28ClN5O. The zero-order valence-corrected chi connectivity index (χ0v) is 18.6. The van der Waals surface area contributed by atoms with Gasteiger partial charge in [0.25, 0.3) is 0 Å². The zero-order chi connectivity index (χ0) is 21.6. The predicted molar refractivity (Wildman–Crippen MR) is 122 cm³/mol. The smallest absolute Gasteiger partial charge is 0.220 e. The van der Waals surface area contributed by atoms with E-state index >= 15 is 0 Å². The lowest BCUT2D eigenvalue weighted by atomic mass is 10.1. The second kappa shape index (κ2) is 10.1. The van der Waals surface area contributed by atoms with E-state index in [-0.39, 0.29) is 11.9 Å². The summed E-state index contributed by atoms with van der Waals surface area (Å²) in [5.74, 6) is 1.85. The number of hydrogen-bond acceptors (Lipinski definition) is 4. The van der Waals surface area contributed by atoms with Crippen molar-refractivity contribution < 1.29 is 4.79 Å². The number of fused-ring (bicyclic) bond motifs is 1. The summed E-state index contributed by atoms with van der Waals surface area (Å²) in [5.41, 5.74) is 2.42. The van der Waals surface area contributed by atoms with Gasteiger partial charge >= 0.3 is 0 Å². The van der Waals surface area contributed by atoms with Crippen LogP contribution in [-0.4, -0.2) is 38.7 Å². The van der Waals surface area contributed by atoms with Gasteiger partial charge in [-0.1, -0.05) is 54.1 Å². The van der Waals surface area contributed by atoms with Gasteiger partial charge in [-0.2, -0.15) is 0 Å². The molecule has 6 nitrogen and oxygen atoms in total. The topological polar surface area (TPSA) is 63.1 Å². The van der Waals surface area contributed by atoms with Crippen LogP contribution in [0.5, 0.6) is 0 Å². The molecule has 2 heterocycles. The van der Waals surface area contributed by atoms with Gasteiger partial charge in [-0.15, -0.1) is 10.2 Å². The monoisotopic (exact) mass is 437 g/mol. The van der Waals surface area contributed by atoms with Gasteiger partial charge in [0.1, 0.15) is 5.82 Å². The van der Waals surface area contributed by atoms with Crippen molar-refractivity contribution in [3.63, 3.8) is 0 Å². The molecular weight excluding hydrogens is 410 g/mol. The van der Waals surface area contributed by atoms with E-state index in [1.807, 2.05) is 49.4 Å². The number of rotatable bonds is 7. The van der Waals surface area contributed by atoms with E-state index in [1.165, 1.54) is 11.1 Å². The Balaban J connectivity index is 1.33. The third-order valence-electron chi connectivity index (χ3n) is 5.72. The van der Waals surface area contributed by atoms with Crippen LogP contribution in [0.15, 0.2) is 54.6 Å². The molecule has 1 amide bonds. The highest BCUT2D eigenvalue weighted by Crippen LogP contribution is 2.18. The lowest BCUT2D eigenvalue weighted by molar-refractivity contribution is -0.121. The second-order valence-electron chi connectivity index (χ2n) is 8.05. The molecule has 1 atom stereocenters. The van der Waals surface area contributed by atoms with Crippen molar-refractivity contribution in [2.75, 3.05) is 13.1 Å². The Bertz CT molecular complexity index is 1000. The highest BCUT2D eigenvalue weighted by atomic mass is 35.5. The molecule has 4 rings (SSSR count). The van der Waals surface area contributed by atoms with E-state index < -0.39 is 0 Å². The highest BCUT2D eigenvalue weighted by Gasteiger charge is 2.22. The first-order chi connectivity index (χ1) is 15.1. The summed E-state index contributed by atoms with van der Waals surface area (Å²) in [7, 11) is 0. The number of carbonyl (C=O) groups is 1. The Morgan fingerprint density at radius 2 is 1.81 bits per heavy atom. The first kappa shape index (κ1) is 21.5. The molecule has 0 saturated heterocycles. The number of amides is 1. The lowest BCUT2D eigenvalue weighted by Gasteiger charge is -2.20. The largest absolute Gasteiger partial charge is 0.346 e. The van der Waals surface area contributed by atoms with Gasteiger partial charge in [0.15, 0.2) is 5.82 Å². The van der Waals surface area contributed by atoms with Gasteiger partial charge in [-0.3, -0.25) is 9.69 Å². The van der Waals surface area contributed by atoms with Crippen molar-refractivity contribution in [1.82, 2.24) is 25.0 Å². The third kappa shape index (κ3) is 5.71. The summed E-state index contributed by atoms with van der Waals surface area (Å²) in [6.45, 7) is 5.52. The number of carbonyl (C=O) groups excluding carboxylic acids is 1. The number of nitrogens with one attached hydrogen (secondary N) is 1. The number of halogens is 1. The van der Waals surface area contributed by atoms with Crippen molar-refractivity contribution in [2.45, 2.75) is 45.3 Å². The van der Waals surface area contributed by atoms with Gasteiger partial charge in [0.05, 0.1) is 6.04 Å². The number of aryl methyl sites for hydroxylation is 1. The van der Waals surface area contributed by atoms with E-state index in [0.29, 0.717) is 6.42 Å². The Morgan fingerprint density at radius 3 is 2.58 bits per heavy atom. The molecule has 0 saturated carbocycles. The van der Waals surface area contributed by atoms with E-state index in [2.05, 4.69) is 37.1 Å². The number of benzene rings is 2. The number of nitrogens with zero attached hydrogens (tertiary/aromatic N) is 4. The zero-order valence-electron chi connectivity index (χ0n) is 17.8. The van der Waals surface area contributed by atoms with Crippen molar-refractivity contribution in [3.05, 3.63) is 82.4 Å². The lowest BCUT2D eigenvalue weighted by Crippen LogP contribution is -2.30.